The Bertz CT molecular complexity index is 283. The van der Waals surface area contributed by atoms with E-state index in [4.69, 9.17) is 4.74 Å². The van der Waals surface area contributed by atoms with E-state index < -0.39 is 0 Å². The van der Waals surface area contributed by atoms with Gasteiger partial charge in [-0.15, -0.1) is 0 Å². The van der Waals surface area contributed by atoms with Crippen LogP contribution in [0.4, 0.5) is 0 Å². The average molecular weight is 208 g/mol. The van der Waals surface area contributed by atoms with Crippen molar-refractivity contribution in [3.63, 3.8) is 0 Å². The maximum absolute atomic E-state index is 5.90. The lowest BCUT2D eigenvalue weighted by molar-refractivity contribution is 0.00154. The van der Waals surface area contributed by atoms with Crippen LogP contribution in [0, 0.1) is 5.92 Å². The Labute approximate surface area is 94.2 Å². The van der Waals surface area contributed by atoms with Crippen molar-refractivity contribution in [1.82, 2.24) is 0 Å². The van der Waals surface area contributed by atoms with E-state index in [1.807, 2.05) is 0 Å². The number of allylic oxidation sites excluding steroid dienone is 2. The molecule has 0 N–H and O–H groups in total. The van der Waals surface area contributed by atoms with E-state index in [0.29, 0.717) is 12.0 Å². The van der Waals surface area contributed by atoms with Crippen molar-refractivity contribution in [2.75, 3.05) is 0 Å². The fourth-order valence-electron chi connectivity index (χ4n) is 2.59. The minimum Gasteiger partial charge on any atom is -0.375 e. The van der Waals surface area contributed by atoms with Crippen molar-refractivity contribution in [2.24, 2.45) is 5.92 Å². The summed E-state index contributed by atoms with van der Waals surface area (Å²) in [6.45, 7) is 15.3. The van der Waals surface area contributed by atoms with E-state index in [9.17, 15) is 0 Å². The van der Waals surface area contributed by atoms with Crippen molar-refractivity contribution < 1.29 is 4.74 Å². The zero-order valence-electron chi connectivity index (χ0n) is 11.1. The third-order valence-electron chi connectivity index (χ3n) is 3.63. The van der Waals surface area contributed by atoms with Crippen LogP contribution in [0.5, 0.6) is 0 Å². The quantitative estimate of drug-likeness (QED) is 0.678. The molecule has 86 valence electrons. The molecule has 0 aromatic carbocycles. The summed E-state index contributed by atoms with van der Waals surface area (Å²) in [6.07, 6.45) is 0.596. The van der Waals surface area contributed by atoms with Gasteiger partial charge in [-0.1, -0.05) is 11.1 Å². The molecule has 0 radical (unpaired) electrons. The van der Waals surface area contributed by atoms with E-state index >= 15 is 0 Å². The maximum atomic E-state index is 5.90. The molecule has 0 saturated carbocycles. The number of rotatable bonds is 3. The second-order valence-electron chi connectivity index (χ2n) is 4.98. The highest BCUT2D eigenvalue weighted by molar-refractivity contribution is 5.46. The van der Waals surface area contributed by atoms with Crippen LogP contribution in [0.25, 0.3) is 0 Å². The second kappa shape index (κ2) is 4.52. The molecule has 1 rings (SSSR count). The highest BCUT2D eigenvalue weighted by Crippen LogP contribution is 2.39. The van der Waals surface area contributed by atoms with Crippen molar-refractivity contribution >= 4 is 0 Å². The van der Waals surface area contributed by atoms with Gasteiger partial charge < -0.3 is 4.74 Å². The molecular weight excluding hydrogens is 184 g/mol. The summed E-state index contributed by atoms with van der Waals surface area (Å²) in [6, 6.07) is 0. The molecule has 1 aliphatic rings. The largest absolute Gasteiger partial charge is 0.375 e. The summed E-state index contributed by atoms with van der Waals surface area (Å²) in [7, 11) is 0. The number of hydrogen-bond donors (Lipinski definition) is 0. The lowest BCUT2D eigenvalue weighted by Crippen LogP contribution is -2.24. The Morgan fingerprint density at radius 2 is 1.27 bits per heavy atom. The SMILES string of the molecule is CC1=C(C)C(C(C)OC(C)C)C(C)=C1C. The molecule has 0 aromatic heterocycles. The summed E-state index contributed by atoms with van der Waals surface area (Å²) in [5, 5.41) is 0. The van der Waals surface area contributed by atoms with E-state index in [-0.39, 0.29) is 6.10 Å². The standard InChI is InChI=1S/C14H24O/c1-8(2)15-13(7)14-11(5)9(3)10(4)12(14)6/h8,13-14H,1-7H3. The normalized spacial score (nSPS) is 20.8. The molecule has 1 unspecified atom stereocenters. The van der Waals surface area contributed by atoms with Gasteiger partial charge in [0.15, 0.2) is 0 Å². The molecule has 1 atom stereocenters. The molecule has 0 aliphatic heterocycles. The molecule has 0 fully saturated rings. The van der Waals surface area contributed by atoms with Gasteiger partial charge in [0, 0.05) is 5.92 Å². The van der Waals surface area contributed by atoms with Gasteiger partial charge >= 0.3 is 0 Å². The van der Waals surface area contributed by atoms with Gasteiger partial charge in [0.05, 0.1) is 12.2 Å². The fourth-order valence-corrected chi connectivity index (χ4v) is 2.59. The minimum atomic E-state index is 0.289. The van der Waals surface area contributed by atoms with Crippen LogP contribution >= 0.6 is 0 Å². The van der Waals surface area contributed by atoms with Crippen LogP contribution in [0.2, 0.25) is 0 Å². The maximum Gasteiger partial charge on any atom is 0.0653 e. The Morgan fingerprint density at radius 1 is 0.867 bits per heavy atom. The van der Waals surface area contributed by atoms with Gasteiger partial charge in [-0.25, -0.2) is 0 Å². The summed E-state index contributed by atoms with van der Waals surface area (Å²) in [5.41, 5.74) is 5.88. The van der Waals surface area contributed by atoms with E-state index in [2.05, 4.69) is 48.5 Å². The summed E-state index contributed by atoms with van der Waals surface area (Å²) >= 11 is 0. The molecule has 0 amide bonds. The Balaban J connectivity index is 2.89. The topological polar surface area (TPSA) is 9.23 Å². The van der Waals surface area contributed by atoms with Gasteiger partial charge in [-0.05, 0) is 59.6 Å². The van der Waals surface area contributed by atoms with Gasteiger partial charge in [-0.2, -0.15) is 0 Å². The van der Waals surface area contributed by atoms with E-state index in [1.165, 1.54) is 22.3 Å². The van der Waals surface area contributed by atoms with Gasteiger partial charge in [0.25, 0.3) is 0 Å². The molecule has 0 aromatic rings. The predicted molar refractivity (Wildman–Crippen MR) is 65.9 cm³/mol. The fraction of sp³-hybridized carbons (Fsp3) is 0.714. The molecule has 1 heteroatoms. The van der Waals surface area contributed by atoms with Crippen LogP contribution in [-0.4, -0.2) is 12.2 Å². The van der Waals surface area contributed by atoms with Crippen molar-refractivity contribution in [3.05, 3.63) is 22.3 Å². The molecule has 15 heavy (non-hydrogen) atoms. The monoisotopic (exact) mass is 208 g/mol. The molecule has 1 aliphatic carbocycles. The highest BCUT2D eigenvalue weighted by atomic mass is 16.5. The first-order valence-corrected chi connectivity index (χ1v) is 5.86. The molecule has 0 heterocycles. The first kappa shape index (κ1) is 12.5. The third kappa shape index (κ3) is 2.34. The average Bonchev–Trinajstić information content (AvgIpc) is 2.30. The lowest BCUT2D eigenvalue weighted by atomic mass is 9.91. The van der Waals surface area contributed by atoms with Gasteiger partial charge in [0.1, 0.15) is 0 Å². The first-order valence-electron chi connectivity index (χ1n) is 5.86. The predicted octanol–water partition coefficient (Wildman–Crippen LogP) is 4.10. The zero-order valence-corrected chi connectivity index (χ0v) is 11.1. The number of ether oxygens (including phenoxy) is 1. The van der Waals surface area contributed by atoms with E-state index in [1.54, 1.807) is 0 Å². The third-order valence-corrected chi connectivity index (χ3v) is 3.63. The summed E-state index contributed by atoms with van der Waals surface area (Å²) < 4.78 is 5.90. The van der Waals surface area contributed by atoms with Crippen LogP contribution < -0.4 is 0 Å². The number of hydrogen-bond acceptors (Lipinski definition) is 1. The molecule has 0 saturated heterocycles. The second-order valence-corrected chi connectivity index (χ2v) is 4.98. The van der Waals surface area contributed by atoms with Crippen molar-refractivity contribution in [3.8, 4) is 0 Å². The van der Waals surface area contributed by atoms with Gasteiger partial charge in [0.2, 0.25) is 0 Å². The molecule has 0 spiro atoms. The first-order chi connectivity index (χ1) is 6.86. The summed E-state index contributed by atoms with van der Waals surface area (Å²) in [4.78, 5) is 0. The smallest absolute Gasteiger partial charge is 0.0653 e. The van der Waals surface area contributed by atoms with E-state index in [0.717, 1.165) is 0 Å². The highest BCUT2D eigenvalue weighted by Gasteiger charge is 2.29. The van der Waals surface area contributed by atoms with Crippen molar-refractivity contribution in [1.29, 1.82) is 0 Å². The minimum absolute atomic E-state index is 0.289. The Hall–Kier alpha value is -0.560. The zero-order chi connectivity index (χ0) is 11.7. The molecule has 0 bridgehead atoms. The van der Waals surface area contributed by atoms with Gasteiger partial charge in [-0.3, -0.25) is 0 Å². The molecule has 1 nitrogen and oxygen atoms in total. The van der Waals surface area contributed by atoms with Crippen LogP contribution in [0.3, 0.4) is 0 Å². The molecular formula is C14H24O. The van der Waals surface area contributed by atoms with Crippen LogP contribution in [0.15, 0.2) is 22.3 Å². The van der Waals surface area contributed by atoms with Crippen molar-refractivity contribution in [2.45, 2.75) is 60.7 Å². The van der Waals surface area contributed by atoms with Crippen LogP contribution in [-0.2, 0) is 4.74 Å². The Morgan fingerprint density at radius 3 is 1.60 bits per heavy atom. The summed E-state index contributed by atoms with van der Waals surface area (Å²) in [5.74, 6) is 0.493. The Kier molecular flexibility index (Phi) is 3.77. The lowest BCUT2D eigenvalue weighted by Gasteiger charge is -2.25. The van der Waals surface area contributed by atoms with Crippen LogP contribution in [0.1, 0.15) is 48.5 Å².